The second kappa shape index (κ2) is 5.97. The Kier molecular flexibility index (Phi) is 4.33. The smallest absolute Gasteiger partial charge is 0.239 e. The van der Waals surface area contributed by atoms with E-state index >= 15 is 0 Å². The Morgan fingerprint density at radius 3 is 2.83 bits per heavy atom. The van der Waals surface area contributed by atoms with Gasteiger partial charge in [0, 0.05) is 9.75 Å². The molecule has 0 radical (unpaired) electrons. The summed E-state index contributed by atoms with van der Waals surface area (Å²) in [5.74, 6) is -0.509. The number of nitrogens with two attached hydrogens (primary N) is 1. The standard InChI is InChI=1S/C12H17N3O2S/c13-5-11(16)15-7-12(17)14-6-9-4-8-2-1-3-10(8)18-9/h4H,1-3,5-7,13H2,(H,14,17)(H,15,16). The zero-order valence-electron chi connectivity index (χ0n) is 10.1. The summed E-state index contributed by atoms with van der Waals surface area (Å²) in [6.45, 7) is 0.432. The van der Waals surface area contributed by atoms with Gasteiger partial charge in [0.1, 0.15) is 0 Å². The number of fused-ring (bicyclic) bond motifs is 1. The van der Waals surface area contributed by atoms with Crippen molar-refractivity contribution in [2.45, 2.75) is 25.8 Å². The number of carbonyl (C=O) groups is 2. The van der Waals surface area contributed by atoms with Gasteiger partial charge in [-0.1, -0.05) is 0 Å². The maximum atomic E-state index is 11.4. The van der Waals surface area contributed by atoms with Gasteiger partial charge in [-0.15, -0.1) is 11.3 Å². The van der Waals surface area contributed by atoms with E-state index in [4.69, 9.17) is 5.73 Å². The SMILES string of the molecule is NCC(=O)NCC(=O)NCc1cc2c(s1)CCC2. The van der Waals surface area contributed by atoms with E-state index < -0.39 is 0 Å². The minimum atomic E-state index is -0.319. The van der Waals surface area contributed by atoms with Gasteiger partial charge in [0.05, 0.1) is 19.6 Å². The van der Waals surface area contributed by atoms with Crippen LogP contribution in [0.25, 0.3) is 0 Å². The third-order valence-electron chi connectivity index (χ3n) is 2.89. The molecule has 0 fully saturated rings. The van der Waals surface area contributed by atoms with Crippen LogP contribution in [0.15, 0.2) is 6.07 Å². The van der Waals surface area contributed by atoms with Crippen LogP contribution in [0, 0.1) is 0 Å². The van der Waals surface area contributed by atoms with Crippen LogP contribution < -0.4 is 16.4 Å². The molecule has 6 heteroatoms. The highest BCUT2D eigenvalue weighted by Crippen LogP contribution is 2.30. The first-order valence-electron chi connectivity index (χ1n) is 6.03. The number of amides is 2. The normalized spacial score (nSPS) is 13.2. The van der Waals surface area contributed by atoms with Crippen molar-refractivity contribution in [3.63, 3.8) is 0 Å². The maximum Gasteiger partial charge on any atom is 0.239 e. The molecule has 0 saturated carbocycles. The van der Waals surface area contributed by atoms with E-state index in [-0.39, 0.29) is 24.9 Å². The second-order valence-electron chi connectivity index (χ2n) is 4.27. The fraction of sp³-hybridized carbons (Fsp3) is 0.500. The Hall–Kier alpha value is -1.40. The zero-order chi connectivity index (χ0) is 13.0. The maximum absolute atomic E-state index is 11.4. The van der Waals surface area contributed by atoms with Crippen molar-refractivity contribution in [1.29, 1.82) is 0 Å². The molecule has 0 aromatic carbocycles. The summed E-state index contributed by atoms with van der Waals surface area (Å²) in [6, 6.07) is 2.17. The lowest BCUT2D eigenvalue weighted by Gasteiger charge is -2.04. The van der Waals surface area contributed by atoms with Crippen LogP contribution in [0.1, 0.15) is 21.7 Å². The summed E-state index contributed by atoms with van der Waals surface area (Å²) in [5, 5.41) is 5.22. The van der Waals surface area contributed by atoms with Crippen LogP contribution in [-0.2, 0) is 29.0 Å². The van der Waals surface area contributed by atoms with Gasteiger partial charge in [-0.05, 0) is 30.9 Å². The van der Waals surface area contributed by atoms with Gasteiger partial charge in [0.25, 0.3) is 0 Å². The number of carbonyl (C=O) groups excluding carboxylic acids is 2. The number of nitrogens with one attached hydrogen (secondary N) is 2. The van der Waals surface area contributed by atoms with Crippen molar-refractivity contribution in [3.05, 3.63) is 21.4 Å². The van der Waals surface area contributed by atoms with E-state index in [0.717, 1.165) is 6.42 Å². The average molecular weight is 267 g/mol. The van der Waals surface area contributed by atoms with E-state index in [9.17, 15) is 9.59 Å². The molecule has 0 saturated heterocycles. The number of aryl methyl sites for hydroxylation is 2. The molecule has 0 aliphatic heterocycles. The summed E-state index contributed by atoms with van der Waals surface area (Å²) in [6.07, 6.45) is 3.58. The molecule has 98 valence electrons. The topological polar surface area (TPSA) is 84.2 Å². The van der Waals surface area contributed by atoms with Crippen molar-refractivity contribution >= 4 is 23.2 Å². The number of thiophene rings is 1. The summed E-state index contributed by atoms with van der Waals surface area (Å²) in [4.78, 5) is 25.0. The summed E-state index contributed by atoms with van der Waals surface area (Å²) in [7, 11) is 0. The Bertz CT molecular complexity index is 435. The van der Waals surface area contributed by atoms with Crippen molar-refractivity contribution < 1.29 is 9.59 Å². The van der Waals surface area contributed by atoms with Gasteiger partial charge in [-0.2, -0.15) is 0 Å². The Labute approximate surface area is 110 Å². The first kappa shape index (κ1) is 13.0. The third kappa shape index (κ3) is 3.30. The molecule has 1 aliphatic carbocycles. The van der Waals surface area contributed by atoms with E-state index in [0.29, 0.717) is 6.54 Å². The lowest BCUT2D eigenvalue weighted by Crippen LogP contribution is -2.39. The van der Waals surface area contributed by atoms with Crippen LogP contribution in [0.4, 0.5) is 0 Å². The molecule has 1 aliphatic rings. The van der Waals surface area contributed by atoms with Crippen molar-refractivity contribution in [3.8, 4) is 0 Å². The van der Waals surface area contributed by atoms with Crippen molar-refractivity contribution in [2.24, 2.45) is 5.73 Å². The quantitative estimate of drug-likeness (QED) is 0.698. The molecule has 2 amide bonds. The first-order chi connectivity index (χ1) is 8.69. The predicted octanol–water partition coefficient (Wildman–Crippen LogP) is -0.0721. The Morgan fingerprint density at radius 1 is 1.28 bits per heavy atom. The highest BCUT2D eigenvalue weighted by atomic mass is 32.1. The largest absolute Gasteiger partial charge is 0.350 e. The molecule has 1 aromatic rings. The Morgan fingerprint density at radius 2 is 2.11 bits per heavy atom. The molecule has 0 unspecified atom stereocenters. The Balaban J connectivity index is 1.73. The fourth-order valence-corrected chi connectivity index (χ4v) is 3.18. The van der Waals surface area contributed by atoms with Crippen LogP contribution >= 0.6 is 11.3 Å². The van der Waals surface area contributed by atoms with Gasteiger partial charge >= 0.3 is 0 Å². The van der Waals surface area contributed by atoms with E-state index in [2.05, 4.69) is 16.7 Å². The summed E-state index contributed by atoms with van der Waals surface area (Å²) in [5.41, 5.74) is 6.55. The third-order valence-corrected chi connectivity index (χ3v) is 4.13. The molecule has 0 bridgehead atoms. The molecule has 18 heavy (non-hydrogen) atoms. The average Bonchev–Trinajstić information content (AvgIpc) is 2.93. The minimum absolute atomic E-state index is 0.0128. The van der Waals surface area contributed by atoms with Gasteiger partial charge in [0.15, 0.2) is 0 Å². The number of hydrogen-bond acceptors (Lipinski definition) is 4. The molecule has 0 spiro atoms. The molecular weight excluding hydrogens is 250 g/mol. The number of hydrogen-bond donors (Lipinski definition) is 3. The highest BCUT2D eigenvalue weighted by Gasteiger charge is 2.14. The summed E-state index contributed by atoms with van der Waals surface area (Å²) < 4.78 is 0. The first-order valence-corrected chi connectivity index (χ1v) is 6.84. The van der Waals surface area contributed by atoms with Gasteiger partial charge < -0.3 is 16.4 Å². The lowest BCUT2D eigenvalue weighted by atomic mass is 10.2. The minimum Gasteiger partial charge on any atom is -0.350 e. The van der Waals surface area contributed by atoms with Crippen molar-refractivity contribution in [1.82, 2.24) is 10.6 Å². The highest BCUT2D eigenvalue weighted by molar-refractivity contribution is 7.12. The zero-order valence-corrected chi connectivity index (χ0v) is 10.9. The second-order valence-corrected chi connectivity index (χ2v) is 5.49. The van der Waals surface area contributed by atoms with Crippen LogP contribution in [0.5, 0.6) is 0 Å². The molecular formula is C12H17N3O2S. The van der Waals surface area contributed by atoms with Crippen molar-refractivity contribution in [2.75, 3.05) is 13.1 Å². The van der Waals surface area contributed by atoms with Crippen LogP contribution in [0.2, 0.25) is 0 Å². The van der Waals surface area contributed by atoms with E-state index in [1.165, 1.54) is 28.2 Å². The predicted molar refractivity (Wildman–Crippen MR) is 70.3 cm³/mol. The monoisotopic (exact) mass is 267 g/mol. The molecule has 0 atom stereocenters. The molecule has 1 aromatic heterocycles. The fourth-order valence-electron chi connectivity index (χ4n) is 1.98. The van der Waals surface area contributed by atoms with Gasteiger partial charge in [0.2, 0.25) is 11.8 Å². The molecule has 2 rings (SSSR count). The van der Waals surface area contributed by atoms with E-state index in [1.54, 1.807) is 11.3 Å². The number of rotatable bonds is 5. The molecule has 4 N–H and O–H groups in total. The molecule has 5 nitrogen and oxygen atoms in total. The summed E-state index contributed by atoms with van der Waals surface area (Å²) >= 11 is 1.77. The van der Waals surface area contributed by atoms with Gasteiger partial charge in [-0.3, -0.25) is 9.59 Å². The molecule has 1 heterocycles. The lowest BCUT2D eigenvalue weighted by molar-refractivity contribution is -0.125. The van der Waals surface area contributed by atoms with Crippen LogP contribution in [0.3, 0.4) is 0 Å². The van der Waals surface area contributed by atoms with Gasteiger partial charge in [-0.25, -0.2) is 0 Å². The van der Waals surface area contributed by atoms with E-state index in [1.807, 2.05) is 0 Å². The van der Waals surface area contributed by atoms with Crippen LogP contribution in [-0.4, -0.2) is 24.9 Å².